The lowest BCUT2D eigenvalue weighted by Gasteiger charge is -2.58. The highest BCUT2D eigenvalue weighted by Crippen LogP contribution is 2.65. The van der Waals surface area contributed by atoms with Crippen LogP contribution in [0.1, 0.15) is 58.7 Å². The standard InChI is InChI=1S/C30H26/c1-29(2,20-21-12-4-3-5-13-21)30-25-17-9-6-14-22(25)28(23-15-7-10-18-26(23)30)24-16-8-11-19-27(24)30/h3-19,28H,20H2,1-2H3. The summed E-state index contributed by atoms with van der Waals surface area (Å²) in [6.07, 6.45) is 1.02. The molecule has 0 amide bonds. The van der Waals surface area contributed by atoms with Crippen LogP contribution in [-0.4, -0.2) is 0 Å². The zero-order valence-electron chi connectivity index (χ0n) is 17.6. The molecule has 0 saturated carbocycles. The first-order valence-corrected chi connectivity index (χ1v) is 11.0. The Balaban J connectivity index is 1.72. The number of benzene rings is 4. The fourth-order valence-electron chi connectivity index (χ4n) is 6.54. The molecule has 2 bridgehead atoms. The second-order valence-electron chi connectivity index (χ2n) is 9.49. The van der Waals surface area contributed by atoms with Crippen LogP contribution in [0.25, 0.3) is 0 Å². The zero-order valence-corrected chi connectivity index (χ0v) is 17.6. The summed E-state index contributed by atoms with van der Waals surface area (Å²) in [4.78, 5) is 0. The maximum Gasteiger partial charge on any atom is 0.0514 e. The van der Waals surface area contributed by atoms with Crippen molar-refractivity contribution >= 4 is 0 Å². The van der Waals surface area contributed by atoms with Crippen LogP contribution in [0.5, 0.6) is 0 Å². The molecule has 3 aliphatic carbocycles. The Hall–Kier alpha value is -3.12. The van der Waals surface area contributed by atoms with Gasteiger partial charge >= 0.3 is 0 Å². The van der Waals surface area contributed by atoms with Crippen LogP contribution in [0.15, 0.2) is 103 Å². The first-order valence-electron chi connectivity index (χ1n) is 11.0. The molecule has 0 unspecified atom stereocenters. The summed E-state index contributed by atoms with van der Waals surface area (Å²) in [5.74, 6) is 0.336. The third-order valence-electron chi connectivity index (χ3n) is 7.53. The molecule has 0 heteroatoms. The van der Waals surface area contributed by atoms with Gasteiger partial charge in [-0.2, -0.15) is 0 Å². The van der Waals surface area contributed by atoms with Crippen LogP contribution in [0.2, 0.25) is 0 Å². The van der Waals surface area contributed by atoms with Gasteiger partial charge in [0.25, 0.3) is 0 Å². The average Bonchev–Trinajstić information content (AvgIpc) is 2.79. The topological polar surface area (TPSA) is 0 Å². The van der Waals surface area contributed by atoms with Gasteiger partial charge in [-0.05, 0) is 50.8 Å². The zero-order chi connectivity index (χ0) is 20.3. The highest BCUT2D eigenvalue weighted by molar-refractivity contribution is 5.73. The molecule has 4 aromatic rings. The smallest absolute Gasteiger partial charge is 0.0514 e. The van der Waals surface area contributed by atoms with Crippen molar-refractivity contribution in [2.45, 2.75) is 31.6 Å². The summed E-state index contributed by atoms with van der Waals surface area (Å²) in [7, 11) is 0. The van der Waals surface area contributed by atoms with E-state index in [0.29, 0.717) is 5.92 Å². The molecule has 0 nitrogen and oxygen atoms in total. The van der Waals surface area contributed by atoms with Gasteiger partial charge in [0.15, 0.2) is 0 Å². The van der Waals surface area contributed by atoms with Gasteiger partial charge in [0.2, 0.25) is 0 Å². The lowest BCUT2D eigenvalue weighted by atomic mass is 9.44. The maximum absolute atomic E-state index is 2.47. The van der Waals surface area contributed by atoms with Gasteiger partial charge in [0.1, 0.15) is 0 Å². The Morgan fingerprint density at radius 1 is 0.567 bits per heavy atom. The normalized spacial score (nSPS) is 20.9. The van der Waals surface area contributed by atoms with E-state index in [1.54, 1.807) is 0 Å². The summed E-state index contributed by atoms with van der Waals surface area (Å²) >= 11 is 0. The summed E-state index contributed by atoms with van der Waals surface area (Å²) < 4.78 is 0. The second-order valence-corrected chi connectivity index (χ2v) is 9.49. The largest absolute Gasteiger partial charge is 0.0622 e. The average molecular weight is 387 g/mol. The predicted molar refractivity (Wildman–Crippen MR) is 124 cm³/mol. The monoisotopic (exact) mass is 386 g/mol. The molecule has 0 atom stereocenters. The van der Waals surface area contributed by atoms with E-state index in [4.69, 9.17) is 0 Å². The molecule has 0 radical (unpaired) electrons. The molecule has 0 aromatic heterocycles. The van der Waals surface area contributed by atoms with Crippen LogP contribution >= 0.6 is 0 Å². The van der Waals surface area contributed by atoms with Crippen molar-refractivity contribution in [3.63, 3.8) is 0 Å². The predicted octanol–water partition coefficient (Wildman–Crippen LogP) is 7.10. The first kappa shape index (κ1) is 17.7. The van der Waals surface area contributed by atoms with E-state index in [0.717, 1.165) is 6.42 Å². The molecular formula is C30H26. The second kappa shape index (κ2) is 6.19. The third-order valence-corrected chi connectivity index (χ3v) is 7.53. The maximum atomic E-state index is 2.47. The van der Waals surface area contributed by atoms with Crippen molar-refractivity contribution < 1.29 is 0 Å². The fourth-order valence-corrected chi connectivity index (χ4v) is 6.54. The number of hydrogen-bond acceptors (Lipinski definition) is 0. The van der Waals surface area contributed by atoms with Crippen LogP contribution < -0.4 is 0 Å². The molecule has 0 heterocycles. The summed E-state index contributed by atoms with van der Waals surface area (Å²) in [5.41, 5.74) is 10.2. The highest BCUT2D eigenvalue weighted by Gasteiger charge is 2.58. The molecule has 30 heavy (non-hydrogen) atoms. The van der Waals surface area contributed by atoms with Gasteiger partial charge in [-0.25, -0.2) is 0 Å². The molecule has 0 aliphatic heterocycles. The van der Waals surface area contributed by atoms with Gasteiger partial charge in [-0.3, -0.25) is 0 Å². The molecule has 146 valence electrons. The Morgan fingerprint density at radius 3 is 1.43 bits per heavy atom. The van der Waals surface area contributed by atoms with Crippen LogP contribution in [0.3, 0.4) is 0 Å². The molecule has 3 aliphatic rings. The van der Waals surface area contributed by atoms with Gasteiger partial charge in [0, 0.05) is 5.92 Å². The van der Waals surface area contributed by atoms with Gasteiger partial charge in [-0.15, -0.1) is 0 Å². The quantitative estimate of drug-likeness (QED) is 0.352. The molecule has 4 aromatic carbocycles. The minimum absolute atomic E-state index is 0.0119. The van der Waals surface area contributed by atoms with E-state index in [1.807, 2.05) is 0 Å². The molecule has 7 rings (SSSR count). The number of hydrogen-bond donors (Lipinski definition) is 0. The summed E-state index contributed by atoms with van der Waals surface area (Å²) in [6, 6.07) is 38.6. The van der Waals surface area contributed by atoms with E-state index in [2.05, 4.69) is 117 Å². The van der Waals surface area contributed by atoms with Crippen LogP contribution in [0, 0.1) is 5.41 Å². The Bertz CT molecular complexity index is 1130. The Labute approximate surface area is 179 Å². The van der Waals surface area contributed by atoms with Crippen molar-refractivity contribution in [1.29, 1.82) is 0 Å². The van der Waals surface area contributed by atoms with Gasteiger partial charge in [-0.1, -0.05) is 117 Å². The fraction of sp³-hybridized carbons (Fsp3) is 0.200. The van der Waals surface area contributed by atoms with E-state index in [1.165, 1.54) is 38.9 Å². The molecular weight excluding hydrogens is 360 g/mol. The molecule has 0 saturated heterocycles. The summed E-state index contributed by atoms with van der Waals surface area (Å²) in [5, 5.41) is 0. The molecule has 0 N–H and O–H groups in total. The first-order chi connectivity index (χ1) is 14.6. The van der Waals surface area contributed by atoms with Crippen molar-refractivity contribution in [2.24, 2.45) is 5.41 Å². The lowest BCUT2D eigenvalue weighted by molar-refractivity contribution is 0.224. The number of rotatable bonds is 3. The minimum atomic E-state index is -0.165. The van der Waals surface area contributed by atoms with Crippen LogP contribution in [0.4, 0.5) is 0 Å². The SMILES string of the molecule is CC(C)(Cc1ccccc1)C12c3ccccc3C(c3ccccc31)c1ccccc12. The van der Waals surface area contributed by atoms with E-state index in [9.17, 15) is 0 Å². The van der Waals surface area contributed by atoms with Gasteiger partial charge in [0.05, 0.1) is 5.41 Å². The van der Waals surface area contributed by atoms with E-state index < -0.39 is 0 Å². The van der Waals surface area contributed by atoms with E-state index in [-0.39, 0.29) is 10.8 Å². The highest BCUT2D eigenvalue weighted by atomic mass is 14.6. The Morgan fingerprint density at radius 2 is 0.967 bits per heavy atom. The minimum Gasteiger partial charge on any atom is -0.0622 e. The van der Waals surface area contributed by atoms with Crippen molar-refractivity contribution in [3.8, 4) is 0 Å². The van der Waals surface area contributed by atoms with Crippen LogP contribution in [-0.2, 0) is 11.8 Å². The van der Waals surface area contributed by atoms with Crippen molar-refractivity contribution in [1.82, 2.24) is 0 Å². The lowest BCUT2D eigenvalue weighted by Crippen LogP contribution is -2.52. The molecule has 0 fully saturated rings. The third kappa shape index (κ3) is 2.12. The van der Waals surface area contributed by atoms with Gasteiger partial charge < -0.3 is 0 Å². The molecule has 0 spiro atoms. The van der Waals surface area contributed by atoms with Crippen molar-refractivity contribution in [3.05, 3.63) is 142 Å². The van der Waals surface area contributed by atoms with E-state index >= 15 is 0 Å². The van der Waals surface area contributed by atoms with Crippen molar-refractivity contribution in [2.75, 3.05) is 0 Å². The summed E-state index contributed by atoms with van der Waals surface area (Å²) in [6.45, 7) is 4.94. The Kier molecular flexibility index (Phi) is 3.65.